The van der Waals surface area contributed by atoms with E-state index < -0.39 is 0 Å². The van der Waals surface area contributed by atoms with E-state index in [0.717, 1.165) is 21.5 Å². The molecule has 0 aliphatic carbocycles. The van der Waals surface area contributed by atoms with Gasteiger partial charge in [-0.25, -0.2) is 4.98 Å². The van der Waals surface area contributed by atoms with Gasteiger partial charge in [0.25, 0.3) is 5.91 Å². The smallest absolute Gasteiger partial charge is 0.252 e. The minimum absolute atomic E-state index is 0.0279. The number of rotatable bonds is 4. The second-order valence-corrected chi connectivity index (χ2v) is 5.96. The number of hydrogen-bond acceptors (Lipinski definition) is 3. The Kier molecular flexibility index (Phi) is 4.71. The maximum Gasteiger partial charge on any atom is 0.252 e. The first-order valence-corrected chi connectivity index (χ1v) is 7.76. The molecule has 1 heterocycles. The van der Waals surface area contributed by atoms with Crippen molar-refractivity contribution in [1.82, 2.24) is 10.3 Å². The monoisotopic (exact) mass is 338 g/mol. The van der Waals surface area contributed by atoms with Crippen molar-refractivity contribution < 1.29 is 4.79 Å². The number of aromatic nitrogens is 1. The van der Waals surface area contributed by atoms with Crippen molar-refractivity contribution >= 4 is 33.2 Å². The highest BCUT2D eigenvalue weighted by atomic mass is 79.9. The van der Waals surface area contributed by atoms with Gasteiger partial charge in [-0.05, 0) is 40.9 Å². The Labute approximate surface area is 125 Å². The lowest BCUT2D eigenvalue weighted by molar-refractivity contribution is 0.0934. The summed E-state index contributed by atoms with van der Waals surface area (Å²) in [6.07, 6.45) is 2.58. The number of benzene rings is 1. The minimum atomic E-state index is -0.0716. The molecule has 19 heavy (non-hydrogen) atoms. The molecule has 1 amide bonds. The van der Waals surface area contributed by atoms with Crippen molar-refractivity contribution in [2.24, 2.45) is 0 Å². The van der Waals surface area contributed by atoms with E-state index in [1.165, 1.54) is 0 Å². The lowest BCUT2D eigenvalue weighted by atomic mass is 10.1. The van der Waals surface area contributed by atoms with Crippen LogP contribution in [0.2, 0.25) is 0 Å². The zero-order valence-electron chi connectivity index (χ0n) is 10.8. The predicted molar refractivity (Wildman–Crippen MR) is 81.5 cm³/mol. The maximum atomic E-state index is 12.3. The molecule has 0 radical (unpaired) electrons. The zero-order chi connectivity index (χ0) is 13.8. The van der Waals surface area contributed by atoms with Gasteiger partial charge in [-0.2, -0.15) is 0 Å². The van der Waals surface area contributed by atoms with Crippen molar-refractivity contribution in [2.75, 3.05) is 0 Å². The Morgan fingerprint density at radius 1 is 1.53 bits per heavy atom. The van der Waals surface area contributed by atoms with Gasteiger partial charge in [0.1, 0.15) is 5.01 Å². The summed E-state index contributed by atoms with van der Waals surface area (Å²) in [4.78, 5) is 16.6. The van der Waals surface area contributed by atoms with Crippen LogP contribution in [0.15, 0.2) is 34.2 Å². The van der Waals surface area contributed by atoms with Gasteiger partial charge in [-0.1, -0.05) is 19.1 Å². The molecule has 0 bridgehead atoms. The van der Waals surface area contributed by atoms with Crippen molar-refractivity contribution in [2.45, 2.75) is 26.3 Å². The molecule has 1 atom stereocenters. The van der Waals surface area contributed by atoms with E-state index in [2.05, 4.69) is 26.2 Å². The van der Waals surface area contributed by atoms with Crippen molar-refractivity contribution in [3.63, 3.8) is 0 Å². The normalized spacial score (nSPS) is 12.2. The Bertz CT molecular complexity index is 569. The molecule has 2 rings (SSSR count). The summed E-state index contributed by atoms with van der Waals surface area (Å²) in [6, 6.07) is 5.65. The fourth-order valence-electron chi connectivity index (χ4n) is 1.80. The van der Waals surface area contributed by atoms with Crippen LogP contribution in [0.3, 0.4) is 0 Å². The van der Waals surface area contributed by atoms with Gasteiger partial charge in [0.2, 0.25) is 0 Å². The Hall–Kier alpha value is -1.20. The van der Waals surface area contributed by atoms with Gasteiger partial charge >= 0.3 is 0 Å². The lowest BCUT2D eigenvalue weighted by Gasteiger charge is -2.15. The van der Waals surface area contributed by atoms with Crippen LogP contribution < -0.4 is 5.32 Å². The molecular weight excluding hydrogens is 324 g/mol. The van der Waals surface area contributed by atoms with E-state index in [1.54, 1.807) is 17.5 Å². The first kappa shape index (κ1) is 14.2. The fraction of sp³-hybridized carbons (Fsp3) is 0.286. The molecule has 0 aliphatic rings. The van der Waals surface area contributed by atoms with Crippen LogP contribution in [0.5, 0.6) is 0 Å². The van der Waals surface area contributed by atoms with Gasteiger partial charge < -0.3 is 5.32 Å². The van der Waals surface area contributed by atoms with Gasteiger partial charge in [0.05, 0.1) is 11.6 Å². The number of nitrogens with one attached hydrogen (secondary N) is 1. The summed E-state index contributed by atoms with van der Waals surface area (Å²) in [6.45, 7) is 4.01. The average molecular weight is 339 g/mol. The highest BCUT2D eigenvalue weighted by molar-refractivity contribution is 9.10. The number of thiazole rings is 1. The first-order chi connectivity index (χ1) is 9.13. The summed E-state index contributed by atoms with van der Waals surface area (Å²) in [7, 11) is 0. The summed E-state index contributed by atoms with van der Waals surface area (Å²) in [5.74, 6) is -0.0716. The molecule has 5 heteroatoms. The van der Waals surface area contributed by atoms with E-state index in [0.29, 0.717) is 5.56 Å². The van der Waals surface area contributed by atoms with Gasteiger partial charge in [-0.3, -0.25) is 4.79 Å². The van der Waals surface area contributed by atoms with E-state index in [-0.39, 0.29) is 11.9 Å². The van der Waals surface area contributed by atoms with E-state index in [1.807, 2.05) is 37.4 Å². The largest absolute Gasteiger partial charge is 0.343 e. The van der Waals surface area contributed by atoms with E-state index >= 15 is 0 Å². The SMILES string of the molecule is CCC(NC(=O)c1cccc(C)c1Br)c1nccs1. The van der Waals surface area contributed by atoms with Crippen LogP contribution in [0.25, 0.3) is 0 Å². The number of hydrogen-bond donors (Lipinski definition) is 1. The van der Waals surface area contributed by atoms with E-state index in [4.69, 9.17) is 0 Å². The summed E-state index contributed by atoms with van der Waals surface area (Å²) < 4.78 is 0.849. The third kappa shape index (κ3) is 3.22. The summed E-state index contributed by atoms with van der Waals surface area (Å²) in [5.41, 5.74) is 1.71. The predicted octanol–water partition coefficient (Wildman–Crippen LogP) is 4.10. The third-order valence-electron chi connectivity index (χ3n) is 2.90. The average Bonchev–Trinajstić information content (AvgIpc) is 2.92. The lowest BCUT2D eigenvalue weighted by Crippen LogP contribution is -2.28. The van der Waals surface area contributed by atoms with Crippen molar-refractivity contribution in [3.8, 4) is 0 Å². The molecule has 2 aromatic rings. The minimum Gasteiger partial charge on any atom is -0.343 e. The Balaban J connectivity index is 2.18. The van der Waals surface area contributed by atoms with Gasteiger partial charge in [0, 0.05) is 16.0 Å². The molecule has 1 aromatic heterocycles. The molecule has 1 N–H and O–H groups in total. The molecule has 3 nitrogen and oxygen atoms in total. The fourth-order valence-corrected chi connectivity index (χ4v) is 3.02. The van der Waals surface area contributed by atoms with Crippen LogP contribution in [0.4, 0.5) is 0 Å². The molecule has 0 saturated carbocycles. The van der Waals surface area contributed by atoms with E-state index in [9.17, 15) is 4.79 Å². The highest BCUT2D eigenvalue weighted by Crippen LogP contribution is 2.23. The molecule has 1 aromatic carbocycles. The quantitative estimate of drug-likeness (QED) is 0.911. The van der Waals surface area contributed by atoms with Crippen LogP contribution in [0, 0.1) is 6.92 Å². The zero-order valence-corrected chi connectivity index (χ0v) is 13.2. The molecule has 1 unspecified atom stereocenters. The number of carbonyl (C=O) groups excluding carboxylic acids is 1. The van der Waals surface area contributed by atoms with Gasteiger partial charge in [0.15, 0.2) is 0 Å². The van der Waals surface area contributed by atoms with Crippen molar-refractivity contribution in [1.29, 1.82) is 0 Å². The molecule has 0 spiro atoms. The standard InChI is InChI=1S/C14H15BrN2OS/c1-3-11(14-16-7-8-19-14)17-13(18)10-6-4-5-9(2)12(10)15/h4-8,11H,3H2,1-2H3,(H,17,18). The Morgan fingerprint density at radius 2 is 2.32 bits per heavy atom. The molecule has 0 saturated heterocycles. The third-order valence-corrected chi connectivity index (χ3v) is 4.84. The van der Waals surface area contributed by atoms with Crippen molar-refractivity contribution in [3.05, 3.63) is 50.4 Å². The van der Waals surface area contributed by atoms with Gasteiger partial charge in [-0.15, -0.1) is 11.3 Å². The summed E-state index contributed by atoms with van der Waals surface area (Å²) >= 11 is 5.03. The molecule has 0 fully saturated rings. The van der Waals surface area contributed by atoms with Crippen LogP contribution in [-0.4, -0.2) is 10.9 Å². The highest BCUT2D eigenvalue weighted by Gasteiger charge is 2.18. The maximum absolute atomic E-state index is 12.3. The number of carbonyl (C=O) groups is 1. The molecular formula is C14H15BrN2OS. The number of aryl methyl sites for hydroxylation is 1. The number of nitrogens with zero attached hydrogens (tertiary/aromatic N) is 1. The second kappa shape index (κ2) is 6.30. The molecule has 0 aliphatic heterocycles. The van der Waals surface area contributed by atoms with Crippen LogP contribution in [0.1, 0.15) is 40.3 Å². The topological polar surface area (TPSA) is 42.0 Å². The molecule has 100 valence electrons. The first-order valence-electron chi connectivity index (χ1n) is 6.08. The second-order valence-electron chi connectivity index (χ2n) is 4.24. The number of halogens is 1. The summed E-state index contributed by atoms with van der Waals surface area (Å²) in [5, 5.41) is 5.90. The van der Waals surface area contributed by atoms with Crippen LogP contribution >= 0.6 is 27.3 Å². The van der Waals surface area contributed by atoms with Crippen LogP contribution in [-0.2, 0) is 0 Å². The Morgan fingerprint density at radius 3 is 2.95 bits per heavy atom. The number of amides is 1.